The van der Waals surface area contributed by atoms with Crippen LogP contribution < -0.4 is 25.7 Å². The van der Waals surface area contributed by atoms with Crippen molar-refractivity contribution in [3.63, 3.8) is 0 Å². The highest BCUT2D eigenvalue weighted by Gasteiger charge is 2.30. The van der Waals surface area contributed by atoms with E-state index in [2.05, 4.69) is 20.9 Å². The molecule has 1 atom stereocenters. The SMILES string of the molecule is CCOc1ccc(NC2=[NH+][C@H](C(=O)NCc3ccccc3)CC(=O)N2)cc1. The minimum absolute atomic E-state index is 0.0785. The number of amides is 2. The van der Waals surface area contributed by atoms with Crippen molar-refractivity contribution in [1.82, 2.24) is 10.6 Å². The molecule has 140 valence electrons. The van der Waals surface area contributed by atoms with Crippen LogP contribution in [0.25, 0.3) is 0 Å². The van der Waals surface area contributed by atoms with Gasteiger partial charge in [-0.2, -0.15) is 0 Å². The molecular weight excluding hydrogens is 344 g/mol. The quantitative estimate of drug-likeness (QED) is 0.584. The van der Waals surface area contributed by atoms with E-state index in [0.717, 1.165) is 17.0 Å². The van der Waals surface area contributed by atoms with Crippen LogP contribution in [0, 0.1) is 0 Å². The summed E-state index contributed by atoms with van der Waals surface area (Å²) in [6.45, 7) is 2.94. The van der Waals surface area contributed by atoms with Crippen LogP contribution >= 0.6 is 0 Å². The molecule has 0 saturated carbocycles. The first-order valence-corrected chi connectivity index (χ1v) is 8.89. The lowest BCUT2D eigenvalue weighted by Crippen LogP contribution is -2.89. The predicted octanol–water partition coefficient (Wildman–Crippen LogP) is 0.139. The summed E-state index contributed by atoms with van der Waals surface area (Å²) in [5.74, 6) is 0.712. The van der Waals surface area contributed by atoms with E-state index in [0.29, 0.717) is 19.1 Å². The van der Waals surface area contributed by atoms with Gasteiger partial charge in [-0.25, -0.2) is 10.6 Å². The number of rotatable bonds is 6. The molecule has 0 bridgehead atoms. The van der Waals surface area contributed by atoms with Crippen LogP contribution in [-0.2, 0) is 16.1 Å². The van der Waals surface area contributed by atoms with Crippen LogP contribution in [0.3, 0.4) is 0 Å². The second-order valence-electron chi connectivity index (χ2n) is 6.11. The predicted molar refractivity (Wildman–Crippen MR) is 102 cm³/mol. The first-order valence-electron chi connectivity index (χ1n) is 8.89. The van der Waals surface area contributed by atoms with Gasteiger partial charge in [-0.3, -0.25) is 14.6 Å². The Balaban J connectivity index is 1.62. The summed E-state index contributed by atoms with van der Waals surface area (Å²) in [4.78, 5) is 27.4. The monoisotopic (exact) mass is 367 g/mol. The van der Waals surface area contributed by atoms with Crippen LogP contribution in [0.1, 0.15) is 18.9 Å². The maximum atomic E-state index is 12.4. The van der Waals surface area contributed by atoms with Gasteiger partial charge in [-0.15, -0.1) is 0 Å². The van der Waals surface area contributed by atoms with Crippen LogP contribution in [-0.4, -0.2) is 30.4 Å². The Morgan fingerprint density at radius 3 is 2.63 bits per heavy atom. The first-order chi connectivity index (χ1) is 13.1. The second-order valence-corrected chi connectivity index (χ2v) is 6.11. The topological polar surface area (TPSA) is 93.4 Å². The van der Waals surface area contributed by atoms with Gasteiger partial charge >= 0.3 is 5.96 Å². The van der Waals surface area contributed by atoms with Gasteiger partial charge in [0.05, 0.1) is 18.7 Å². The molecule has 2 amide bonds. The number of carbonyl (C=O) groups excluding carboxylic acids is 2. The number of benzene rings is 2. The van der Waals surface area contributed by atoms with Gasteiger partial charge in [-0.1, -0.05) is 30.3 Å². The zero-order chi connectivity index (χ0) is 19.1. The lowest BCUT2D eigenvalue weighted by molar-refractivity contribution is -0.491. The molecule has 1 heterocycles. The summed E-state index contributed by atoms with van der Waals surface area (Å²) in [6.07, 6.45) is 0.0785. The molecule has 2 aromatic carbocycles. The van der Waals surface area contributed by atoms with Crippen molar-refractivity contribution in [2.45, 2.75) is 25.9 Å². The van der Waals surface area contributed by atoms with Crippen LogP contribution in [0.15, 0.2) is 54.6 Å². The number of ether oxygens (including phenoxy) is 1. The molecule has 27 heavy (non-hydrogen) atoms. The molecule has 7 nitrogen and oxygen atoms in total. The molecule has 0 unspecified atom stereocenters. The minimum atomic E-state index is -0.632. The third-order valence-electron chi connectivity index (χ3n) is 4.03. The average Bonchev–Trinajstić information content (AvgIpc) is 2.68. The van der Waals surface area contributed by atoms with E-state index in [1.54, 1.807) is 0 Å². The smallest absolute Gasteiger partial charge is 0.356 e. The van der Waals surface area contributed by atoms with E-state index in [9.17, 15) is 9.59 Å². The minimum Gasteiger partial charge on any atom is -0.494 e. The van der Waals surface area contributed by atoms with E-state index in [1.165, 1.54) is 0 Å². The molecule has 7 heteroatoms. The number of hydrogen-bond acceptors (Lipinski definition) is 4. The fourth-order valence-electron chi connectivity index (χ4n) is 2.72. The zero-order valence-corrected chi connectivity index (χ0v) is 15.1. The Hall–Kier alpha value is -3.35. The largest absolute Gasteiger partial charge is 0.494 e. The van der Waals surface area contributed by atoms with E-state index in [4.69, 9.17) is 4.74 Å². The molecular formula is C20H23N4O3+. The van der Waals surface area contributed by atoms with E-state index in [1.807, 2.05) is 61.5 Å². The third-order valence-corrected chi connectivity index (χ3v) is 4.03. The normalized spacial score (nSPS) is 16.1. The van der Waals surface area contributed by atoms with Gasteiger partial charge in [0.1, 0.15) is 5.75 Å². The standard InChI is InChI=1S/C20H22N4O3/c1-2-27-16-10-8-15(9-11-16)22-20-23-17(12-18(25)24-20)19(26)21-13-14-6-4-3-5-7-14/h3-11,17H,2,12-13H2,1H3,(H,21,26)(H2,22,23,24,25)/p+1/t17-/m0/s1. The highest BCUT2D eigenvalue weighted by atomic mass is 16.5. The van der Waals surface area contributed by atoms with Crippen molar-refractivity contribution in [3.05, 3.63) is 60.2 Å². The lowest BCUT2D eigenvalue weighted by atomic mass is 10.1. The van der Waals surface area contributed by atoms with Gasteiger partial charge < -0.3 is 10.1 Å². The number of anilines is 1. The van der Waals surface area contributed by atoms with Crippen molar-refractivity contribution >= 4 is 23.5 Å². The molecule has 3 rings (SSSR count). The zero-order valence-electron chi connectivity index (χ0n) is 15.1. The van der Waals surface area contributed by atoms with E-state index < -0.39 is 6.04 Å². The molecule has 4 N–H and O–H groups in total. The van der Waals surface area contributed by atoms with Crippen molar-refractivity contribution in [2.75, 3.05) is 11.9 Å². The summed E-state index contributed by atoms with van der Waals surface area (Å²) < 4.78 is 5.41. The van der Waals surface area contributed by atoms with Crippen molar-refractivity contribution in [1.29, 1.82) is 0 Å². The van der Waals surface area contributed by atoms with Gasteiger partial charge in [0.15, 0.2) is 6.04 Å². The molecule has 0 aromatic heterocycles. The Bertz CT molecular complexity index is 819. The van der Waals surface area contributed by atoms with Crippen LogP contribution in [0.2, 0.25) is 0 Å². The molecule has 2 aromatic rings. The molecule has 0 spiro atoms. The highest BCUT2D eigenvalue weighted by molar-refractivity contribution is 6.04. The Morgan fingerprint density at radius 2 is 1.93 bits per heavy atom. The molecule has 0 saturated heterocycles. The van der Waals surface area contributed by atoms with E-state index >= 15 is 0 Å². The number of carbonyl (C=O) groups is 2. The number of hydrogen-bond donors (Lipinski definition) is 4. The summed E-state index contributed by atoms with van der Waals surface area (Å²) in [5, 5.41) is 8.64. The fourth-order valence-corrected chi connectivity index (χ4v) is 2.72. The lowest BCUT2D eigenvalue weighted by Gasteiger charge is -2.17. The Morgan fingerprint density at radius 1 is 1.19 bits per heavy atom. The molecule has 1 aliphatic heterocycles. The van der Waals surface area contributed by atoms with Gasteiger partial charge in [0.25, 0.3) is 11.8 Å². The molecule has 0 fully saturated rings. The maximum absolute atomic E-state index is 12.4. The van der Waals surface area contributed by atoms with Crippen molar-refractivity contribution in [2.24, 2.45) is 0 Å². The second kappa shape index (κ2) is 8.84. The third kappa shape index (κ3) is 5.31. The Labute approximate surface area is 157 Å². The number of guanidine groups is 1. The summed E-state index contributed by atoms with van der Waals surface area (Å²) in [6, 6.07) is 16.3. The first kappa shape index (κ1) is 18.4. The van der Waals surface area contributed by atoms with Gasteiger partial charge in [0, 0.05) is 6.54 Å². The average molecular weight is 367 g/mol. The van der Waals surface area contributed by atoms with Crippen LogP contribution in [0.4, 0.5) is 5.69 Å². The molecule has 0 aliphatic carbocycles. The summed E-state index contributed by atoms with van der Waals surface area (Å²) >= 11 is 0. The van der Waals surface area contributed by atoms with Gasteiger partial charge in [0.2, 0.25) is 0 Å². The molecule has 1 aliphatic rings. The van der Waals surface area contributed by atoms with Crippen molar-refractivity contribution < 1.29 is 19.3 Å². The van der Waals surface area contributed by atoms with Gasteiger partial charge in [-0.05, 0) is 36.8 Å². The fraction of sp³-hybridized carbons (Fsp3) is 0.250. The van der Waals surface area contributed by atoms with Crippen molar-refractivity contribution in [3.8, 4) is 5.75 Å². The summed E-state index contributed by atoms with van der Waals surface area (Å²) in [5.41, 5.74) is 1.77. The highest BCUT2D eigenvalue weighted by Crippen LogP contribution is 2.15. The maximum Gasteiger partial charge on any atom is 0.356 e. The van der Waals surface area contributed by atoms with Crippen LogP contribution in [0.5, 0.6) is 5.75 Å². The van der Waals surface area contributed by atoms with E-state index in [-0.39, 0.29) is 18.2 Å². The number of nitrogens with one attached hydrogen (secondary N) is 4. The molecule has 0 radical (unpaired) electrons. The Kier molecular flexibility index (Phi) is 6.04. The summed E-state index contributed by atoms with van der Waals surface area (Å²) in [7, 11) is 0.